The number of likely N-dealkylation sites (tertiary alicyclic amines) is 2. The van der Waals surface area contributed by atoms with Gasteiger partial charge in [0.05, 0.1) is 36.8 Å². The van der Waals surface area contributed by atoms with Crippen LogP contribution in [0, 0.1) is 5.92 Å². The van der Waals surface area contributed by atoms with Gasteiger partial charge in [-0.05, 0) is 55.6 Å². The Morgan fingerprint density at radius 2 is 1.79 bits per heavy atom. The molecule has 0 bridgehead atoms. The molecular weight excluding hydrogens is 596 g/mol. The Kier molecular flexibility index (Phi) is 8.52. The molecule has 2 aromatic carbocycles. The number of ether oxygens (including phenoxy) is 1. The third-order valence-corrected chi connectivity index (χ3v) is 9.60. The molecule has 0 aliphatic carbocycles. The number of aliphatic hydroxyl groups is 1. The molecule has 0 radical (unpaired) electrons. The zero-order valence-electron chi connectivity index (χ0n) is 26.4. The standard InChI is InChI=1S/C35H38N8O4/c1-47-28-9-7-26(8-10-28)31-20-38-32-34(45)42(24-39-43(31)32)23-35(46)12-17-41(18-13-35)33(44)29-11-16-40(21-27-19-36-14-15-37-27)22-30(29)25-5-3-2-4-6-25/h2-10,14-15,19-20,24,29-30,46H,11-13,16-18,21-23H2,1H3. The predicted octanol–water partition coefficient (Wildman–Crippen LogP) is 3.02. The summed E-state index contributed by atoms with van der Waals surface area (Å²) in [4.78, 5) is 44.7. The minimum Gasteiger partial charge on any atom is -0.497 e. The summed E-state index contributed by atoms with van der Waals surface area (Å²) in [7, 11) is 1.61. The molecule has 2 unspecified atom stereocenters. The van der Waals surface area contributed by atoms with Crippen LogP contribution < -0.4 is 10.3 Å². The van der Waals surface area contributed by atoms with Gasteiger partial charge in [-0.3, -0.25) is 29.0 Å². The molecule has 3 aromatic heterocycles. The third-order valence-electron chi connectivity index (χ3n) is 9.60. The highest BCUT2D eigenvalue weighted by Crippen LogP contribution is 2.36. The van der Waals surface area contributed by atoms with Gasteiger partial charge in [0, 0.05) is 62.2 Å². The van der Waals surface area contributed by atoms with Crippen LogP contribution in [0.15, 0.2) is 90.5 Å². The maximum atomic E-state index is 14.0. The monoisotopic (exact) mass is 634 g/mol. The average molecular weight is 635 g/mol. The molecule has 2 fully saturated rings. The van der Waals surface area contributed by atoms with Crippen molar-refractivity contribution in [2.24, 2.45) is 5.92 Å². The predicted molar refractivity (Wildman–Crippen MR) is 175 cm³/mol. The number of hydrogen-bond acceptors (Lipinski definition) is 9. The summed E-state index contributed by atoms with van der Waals surface area (Å²) in [5, 5.41) is 16.1. The van der Waals surface area contributed by atoms with Crippen LogP contribution in [0.3, 0.4) is 0 Å². The molecule has 2 aliphatic heterocycles. The van der Waals surface area contributed by atoms with E-state index in [1.54, 1.807) is 31.9 Å². The van der Waals surface area contributed by atoms with Crippen molar-refractivity contribution in [2.45, 2.75) is 43.9 Å². The van der Waals surface area contributed by atoms with Crippen LogP contribution in [0.2, 0.25) is 0 Å². The van der Waals surface area contributed by atoms with E-state index in [4.69, 9.17) is 4.74 Å². The summed E-state index contributed by atoms with van der Waals surface area (Å²) >= 11 is 0. The number of aromatic nitrogens is 6. The van der Waals surface area contributed by atoms with Gasteiger partial charge >= 0.3 is 0 Å². The summed E-state index contributed by atoms with van der Waals surface area (Å²) < 4.78 is 8.19. The fourth-order valence-corrected chi connectivity index (χ4v) is 6.96. The first-order valence-electron chi connectivity index (χ1n) is 16.0. The van der Waals surface area contributed by atoms with Gasteiger partial charge in [0.1, 0.15) is 12.1 Å². The fourth-order valence-electron chi connectivity index (χ4n) is 6.96. The Morgan fingerprint density at radius 3 is 2.51 bits per heavy atom. The zero-order chi connectivity index (χ0) is 32.4. The molecule has 1 amide bonds. The van der Waals surface area contributed by atoms with E-state index in [2.05, 4.69) is 37.1 Å². The number of carbonyl (C=O) groups is 1. The Balaban J connectivity index is 1.02. The summed E-state index contributed by atoms with van der Waals surface area (Å²) in [6.45, 7) is 3.16. The van der Waals surface area contributed by atoms with Crippen molar-refractivity contribution < 1.29 is 14.6 Å². The van der Waals surface area contributed by atoms with E-state index in [9.17, 15) is 14.7 Å². The summed E-state index contributed by atoms with van der Waals surface area (Å²) in [5.41, 5.74) is 2.32. The van der Waals surface area contributed by atoms with Gasteiger partial charge < -0.3 is 14.7 Å². The van der Waals surface area contributed by atoms with Crippen molar-refractivity contribution in [3.8, 4) is 17.0 Å². The number of imidazole rings is 1. The van der Waals surface area contributed by atoms with Crippen LogP contribution in [0.25, 0.3) is 16.9 Å². The van der Waals surface area contributed by atoms with Gasteiger partial charge in [-0.2, -0.15) is 5.10 Å². The molecule has 2 atom stereocenters. The minimum absolute atomic E-state index is 0.0451. The first-order valence-corrected chi connectivity index (χ1v) is 16.0. The molecule has 1 N–H and O–H groups in total. The highest BCUT2D eigenvalue weighted by molar-refractivity contribution is 5.80. The molecule has 0 spiro atoms. The van der Waals surface area contributed by atoms with E-state index in [-0.39, 0.29) is 35.5 Å². The number of rotatable bonds is 8. The number of methoxy groups -OCH3 is 1. The summed E-state index contributed by atoms with van der Waals surface area (Å²) in [6, 6.07) is 17.7. The Bertz CT molecular complexity index is 1890. The van der Waals surface area contributed by atoms with Gasteiger partial charge in [-0.1, -0.05) is 30.3 Å². The lowest BCUT2D eigenvalue weighted by molar-refractivity contribution is -0.142. The average Bonchev–Trinajstić information content (AvgIpc) is 3.55. The van der Waals surface area contributed by atoms with Gasteiger partial charge in [0.15, 0.2) is 0 Å². The summed E-state index contributed by atoms with van der Waals surface area (Å²) in [5.74, 6) is 0.749. The second kappa shape index (κ2) is 13.0. The normalized spacial score (nSPS) is 19.9. The van der Waals surface area contributed by atoms with Crippen molar-refractivity contribution in [3.05, 3.63) is 107 Å². The number of amides is 1. The highest BCUT2D eigenvalue weighted by Gasteiger charge is 2.41. The molecule has 242 valence electrons. The van der Waals surface area contributed by atoms with Crippen LogP contribution in [0.1, 0.15) is 36.4 Å². The van der Waals surface area contributed by atoms with Crippen LogP contribution >= 0.6 is 0 Å². The van der Waals surface area contributed by atoms with Crippen LogP contribution in [-0.2, 0) is 17.9 Å². The molecule has 5 aromatic rings. The topological polar surface area (TPSA) is 131 Å². The second-order valence-electron chi connectivity index (χ2n) is 12.6. The van der Waals surface area contributed by atoms with Crippen molar-refractivity contribution in [2.75, 3.05) is 33.3 Å². The van der Waals surface area contributed by atoms with Crippen LogP contribution in [0.4, 0.5) is 0 Å². The number of hydrogen-bond donors (Lipinski definition) is 1. The number of piperidine rings is 2. The first-order chi connectivity index (χ1) is 22.9. The fraction of sp³-hybridized carbons (Fsp3) is 0.371. The lowest BCUT2D eigenvalue weighted by atomic mass is 9.79. The maximum Gasteiger partial charge on any atom is 0.296 e. The van der Waals surface area contributed by atoms with Crippen LogP contribution in [-0.4, -0.2) is 88.8 Å². The molecule has 5 heterocycles. The van der Waals surface area contributed by atoms with E-state index in [1.165, 1.54) is 15.4 Å². The van der Waals surface area contributed by atoms with Crippen molar-refractivity contribution in [1.29, 1.82) is 0 Å². The van der Waals surface area contributed by atoms with Gasteiger partial charge in [0.2, 0.25) is 11.6 Å². The number of nitrogens with zero attached hydrogens (tertiary/aromatic N) is 8. The zero-order valence-corrected chi connectivity index (χ0v) is 26.4. The second-order valence-corrected chi connectivity index (χ2v) is 12.6. The van der Waals surface area contributed by atoms with E-state index in [0.29, 0.717) is 38.2 Å². The minimum atomic E-state index is -1.15. The number of fused-ring (bicyclic) bond motifs is 1. The Hall–Kier alpha value is -4.94. The van der Waals surface area contributed by atoms with Crippen molar-refractivity contribution >= 4 is 11.6 Å². The Labute approximate surface area is 272 Å². The molecule has 2 saturated heterocycles. The molecule has 7 rings (SSSR count). The molecule has 12 heteroatoms. The molecule has 12 nitrogen and oxygen atoms in total. The number of carbonyl (C=O) groups excluding carboxylic acids is 1. The smallest absolute Gasteiger partial charge is 0.296 e. The van der Waals surface area contributed by atoms with Crippen LogP contribution in [0.5, 0.6) is 5.75 Å². The van der Waals surface area contributed by atoms with Gasteiger partial charge in [-0.15, -0.1) is 0 Å². The van der Waals surface area contributed by atoms with Crippen molar-refractivity contribution in [3.63, 3.8) is 0 Å². The third kappa shape index (κ3) is 6.38. The van der Waals surface area contributed by atoms with E-state index in [1.807, 2.05) is 47.4 Å². The molecule has 47 heavy (non-hydrogen) atoms. The van der Waals surface area contributed by atoms with E-state index >= 15 is 0 Å². The summed E-state index contributed by atoms with van der Waals surface area (Å²) in [6.07, 6.45) is 9.72. The van der Waals surface area contributed by atoms with Gasteiger partial charge in [0.25, 0.3) is 5.56 Å². The Morgan fingerprint density at radius 1 is 1.00 bits per heavy atom. The van der Waals surface area contributed by atoms with Crippen molar-refractivity contribution in [1.82, 2.24) is 38.9 Å². The highest BCUT2D eigenvalue weighted by atomic mass is 16.5. The SMILES string of the molecule is COc1ccc(-c2cnc3c(=O)n(CC4(O)CCN(C(=O)C5CCN(Cc6cnccn6)CC5c5ccccc5)CC4)cnn23)cc1. The lowest BCUT2D eigenvalue weighted by Crippen LogP contribution is -2.53. The quantitative estimate of drug-likeness (QED) is 0.274. The van der Waals surface area contributed by atoms with E-state index < -0.39 is 5.60 Å². The number of benzene rings is 2. The molecule has 0 saturated carbocycles. The molecule has 2 aliphatic rings. The lowest BCUT2D eigenvalue weighted by Gasteiger charge is -2.43. The van der Waals surface area contributed by atoms with E-state index in [0.717, 1.165) is 42.1 Å². The first kappa shape index (κ1) is 30.7. The van der Waals surface area contributed by atoms with Gasteiger partial charge in [-0.25, -0.2) is 9.50 Å². The largest absolute Gasteiger partial charge is 0.497 e. The maximum absolute atomic E-state index is 14.0. The molecular formula is C35H38N8O4.